The van der Waals surface area contributed by atoms with Crippen LogP contribution in [-0.4, -0.2) is 12.1 Å². The standard InChI is InChI=1S/C11H21N/c1-5-7-11(10(2,3)4)8-6-9-12-11/h5,12H,1,6-9H2,2-4H3. The molecule has 1 rings (SSSR count). The Morgan fingerprint density at radius 2 is 2.17 bits per heavy atom. The van der Waals surface area contributed by atoms with E-state index in [4.69, 9.17) is 0 Å². The van der Waals surface area contributed by atoms with Crippen LogP contribution in [0, 0.1) is 5.41 Å². The second kappa shape index (κ2) is 3.21. The van der Waals surface area contributed by atoms with E-state index in [9.17, 15) is 0 Å². The van der Waals surface area contributed by atoms with Gasteiger partial charge in [-0.1, -0.05) is 26.8 Å². The van der Waals surface area contributed by atoms with Gasteiger partial charge < -0.3 is 5.32 Å². The topological polar surface area (TPSA) is 12.0 Å². The van der Waals surface area contributed by atoms with Crippen LogP contribution in [0.1, 0.15) is 40.0 Å². The van der Waals surface area contributed by atoms with Gasteiger partial charge in [-0.25, -0.2) is 0 Å². The summed E-state index contributed by atoms with van der Waals surface area (Å²) in [7, 11) is 0. The average molecular weight is 167 g/mol. The number of hydrogen-bond acceptors (Lipinski definition) is 1. The van der Waals surface area contributed by atoms with Gasteiger partial charge in [0.05, 0.1) is 0 Å². The summed E-state index contributed by atoms with van der Waals surface area (Å²) in [5.41, 5.74) is 0.659. The molecule has 1 aliphatic heterocycles. The quantitative estimate of drug-likeness (QED) is 0.624. The van der Waals surface area contributed by atoms with E-state index in [0.29, 0.717) is 11.0 Å². The van der Waals surface area contributed by atoms with Crippen molar-refractivity contribution in [2.45, 2.75) is 45.6 Å². The number of rotatable bonds is 2. The summed E-state index contributed by atoms with van der Waals surface area (Å²) in [4.78, 5) is 0. The van der Waals surface area contributed by atoms with Crippen LogP contribution < -0.4 is 5.32 Å². The highest BCUT2D eigenvalue weighted by Gasteiger charge is 2.42. The van der Waals surface area contributed by atoms with Crippen molar-refractivity contribution >= 4 is 0 Å². The summed E-state index contributed by atoms with van der Waals surface area (Å²) < 4.78 is 0. The third-order valence-electron chi connectivity index (χ3n) is 3.17. The van der Waals surface area contributed by atoms with Crippen LogP contribution in [-0.2, 0) is 0 Å². The van der Waals surface area contributed by atoms with Crippen LogP contribution in [0.15, 0.2) is 12.7 Å². The highest BCUT2D eigenvalue weighted by atomic mass is 15.0. The zero-order valence-corrected chi connectivity index (χ0v) is 8.61. The van der Waals surface area contributed by atoms with Crippen LogP contribution in [0.4, 0.5) is 0 Å². The highest BCUT2D eigenvalue weighted by Crippen LogP contribution is 2.39. The lowest BCUT2D eigenvalue weighted by molar-refractivity contribution is 0.163. The van der Waals surface area contributed by atoms with E-state index in [1.54, 1.807) is 0 Å². The van der Waals surface area contributed by atoms with Gasteiger partial charge in [0.2, 0.25) is 0 Å². The summed E-state index contributed by atoms with van der Waals surface area (Å²) in [6.07, 6.45) is 5.74. The van der Waals surface area contributed by atoms with E-state index in [-0.39, 0.29) is 0 Å². The molecule has 0 spiro atoms. The van der Waals surface area contributed by atoms with E-state index in [2.05, 4.69) is 32.7 Å². The predicted octanol–water partition coefficient (Wildman–Crippen LogP) is 2.73. The Bertz CT molecular complexity index is 158. The van der Waals surface area contributed by atoms with Crippen molar-refractivity contribution in [3.63, 3.8) is 0 Å². The molecule has 1 saturated heterocycles. The first-order valence-corrected chi connectivity index (χ1v) is 4.88. The van der Waals surface area contributed by atoms with E-state index < -0.39 is 0 Å². The molecule has 1 unspecified atom stereocenters. The lowest BCUT2D eigenvalue weighted by atomic mass is 9.71. The van der Waals surface area contributed by atoms with Crippen LogP contribution in [0.5, 0.6) is 0 Å². The Hall–Kier alpha value is -0.300. The van der Waals surface area contributed by atoms with Crippen LogP contribution in [0.3, 0.4) is 0 Å². The first-order chi connectivity index (χ1) is 5.52. The number of nitrogens with one attached hydrogen (secondary N) is 1. The van der Waals surface area contributed by atoms with Gasteiger partial charge in [0, 0.05) is 5.54 Å². The number of hydrogen-bond donors (Lipinski definition) is 1. The Morgan fingerprint density at radius 1 is 1.50 bits per heavy atom. The monoisotopic (exact) mass is 167 g/mol. The van der Waals surface area contributed by atoms with Gasteiger partial charge in [0.25, 0.3) is 0 Å². The summed E-state index contributed by atoms with van der Waals surface area (Å²) in [5.74, 6) is 0. The van der Waals surface area contributed by atoms with Crippen LogP contribution in [0.2, 0.25) is 0 Å². The molecule has 0 aromatic carbocycles. The molecule has 12 heavy (non-hydrogen) atoms. The maximum Gasteiger partial charge on any atom is 0.0264 e. The Kier molecular flexibility index (Phi) is 2.62. The van der Waals surface area contributed by atoms with Gasteiger partial charge in [0.1, 0.15) is 0 Å². The summed E-state index contributed by atoms with van der Waals surface area (Å²) in [5, 5.41) is 3.64. The molecular weight excluding hydrogens is 146 g/mol. The molecule has 1 heterocycles. The maximum absolute atomic E-state index is 3.84. The van der Waals surface area contributed by atoms with Crippen molar-refractivity contribution < 1.29 is 0 Å². The molecule has 1 aliphatic rings. The summed E-state index contributed by atoms with van der Waals surface area (Å²) >= 11 is 0. The van der Waals surface area contributed by atoms with Gasteiger partial charge in [-0.05, 0) is 31.2 Å². The van der Waals surface area contributed by atoms with Gasteiger partial charge in [-0.3, -0.25) is 0 Å². The van der Waals surface area contributed by atoms with Crippen molar-refractivity contribution in [3.05, 3.63) is 12.7 Å². The lowest BCUT2D eigenvalue weighted by Crippen LogP contribution is -2.50. The van der Waals surface area contributed by atoms with Gasteiger partial charge >= 0.3 is 0 Å². The highest BCUT2D eigenvalue weighted by molar-refractivity contribution is 5.04. The zero-order chi connectivity index (χ0) is 9.24. The molecule has 1 atom stereocenters. The Balaban J connectivity index is 2.78. The van der Waals surface area contributed by atoms with Gasteiger partial charge in [-0.15, -0.1) is 6.58 Å². The zero-order valence-electron chi connectivity index (χ0n) is 8.61. The fourth-order valence-corrected chi connectivity index (χ4v) is 2.17. The van der Waals surface area contributed by atoms with E-state index in [1.807, 2.05) is 6.08 Å². The molecule has 1 heteroatoms. The van der Waals surface area contributed by atoms with Crippen molar-refractivity contribution in [1.29, 1.82) is 0 Å². The van der Waals surface area contributed by atoms with Crippen molar-refractivity contribution in [2.24, 2.45) is 5.41 Å². The van der Waals surface area contributed by atoms with E-state index in [0.717, 1.165) is 6.42 Å². The molecule has 1 fully saturated rings. The minimum absolute atomic E-state index is 0.314. The van der Waals surface area contributed by atoms with E-state index >= 15 is 0 Å². The second-order valence-electron chi connectivity index (χ2n) is 4.86. The van der Waals surface area contributed by atoms with E-state index in [1.165, 1.54) is 19.4 Å². The van der Waals surface area contributed by atoms with Crippen molar-refractivity contribution in [1.82, 2.24) is 5.32 Å². The maximum atomic E-state index is 3.84. The molecule has 0 aromatic rings. The molecule has 0 radical (unpaired) electrons. The Morgan fingerprint density at radius 3 is 2.50 bits per heavy atom. The molecule has 0 bridgehead atoms. The molecule has 0 aliphatic carbocycles. The van der Waals surface area contributed by atoms with Crippen LogP contribution in [0.25, 0.3) is 0 Å². The fourth-order valence-electron chi connectivity index (χ4n) is 2.17. The Labute approximate surface area is 76.2 Å². The lowest BCUT2D eigenvalue weighted by Gasteiger charge is -2.41. The minimum atomic E-state index is 0.314. The van der Waals surface area contributed by atoms with Gasteiger partial charge in [0.15, 0.2) is 0 Å². The molecular formula is C11H21N. The first-order valence-electron chi connectivity index (χ1n) is 4.88. The molecule has 0 saturated carbocycles. The normalized spacial score (nSPS) is 30.6. The second-order valence-corrected chi connectivity index (χ2v) is 4.86. The van der Waals surface area contributed by atoms with Crippen LogP contribution >= 0.6 is 0 Å². The molecule has 70 valence electrons. The minimum Gasteiger partial charge on any atom is -0.310 e. The third-order valence-corrected chi connectivity index (χ3v) is 3.17. The smallest absolute Gasteiger partial charge is 0.0264 e. The first kappa shape index (κ1) is 9.79. The third kappa shape index (κ3) is 1.56. The van der Waals surface area contributed by atoms with Gasteiger partial charge in [-0.2, -0.15) is 0 Å². The summed E-state index contributed by atoms with van der Waals surface area (Å²) in [6, 6.07) is 0. The van der Waals surface area contributed by atoms with Crippen molar-refractivity contribution in [3.8, 4) is 0 Å². The summed E-state index contributed by atoms with van der Waals surface area (Å²) in [6.45, 7) is 12.0. The molecule has 1 N–H and O–H groups in total. The fraction of sp³-hybridized carbons (Fsp3) is 0.818. The average Bonchev–Trinajstić information content (AvgIpc) is 2.36. The van der Waals surface area contributed by atoms with Crippen molar-refractivity contribution in [2.75, 3.05) is 6.54 Å². The molecule has 0 aromatic heterocycles. The molecule has 1 nitrogen and oxygen atoms in total. The largest absolute Gasteiger partial charge is 0.310 e. The SMILES string of the molecule is C=CCC1(C(C)(C)C)CCCN1. The predicted molar refractivity (Wildman–Crippen MR) is 54.2 cm³/mol. The molecule has 0 amide bonds.